The summed E-state index contributed by atoms with van der Waals surface area (Å²) < 4.78 is 32.8. The van der Waals surface area contributed by atoms with E-state index < -0.39 is 28.5 Å². The molecule has 1 aliphatic rings. The molecule has 1 amide bonds. The Kier molecular flexibility index (Phi) is 7.31. The molecule has 3 aromatic carbocycles. The minimum Gasteiger partial charge on any atom is -0.452 e. The highest BCUT2D eigenvalue weighted by molar-refractivity contribution is 7.89. The lowest BCUT2D eigenvalue weighted by Crippen LogP contribution is -2.36. The first-order valence-corrected chi connectivity index (χ1v) is 12.5. The fourth-order valence-corrected chi connectivity index (χ4v) is 5.27. The van der Waals surface area contributed by atoms with E-state index in [4.69, 9.17) is 16.3 Å². The number of esters is 1. The maximum atomic E-state index is 13.2. The second-order valence-electron chi connectivity index (χ2n) is 7.86. The predicted octanol–water partition coefficient (Wildman–Crippen LogP) is 3.56. The number of carbonyl (C=O) groups excluding carboxylic acids is 2. The molecule has 0 spiro atoms. The molecule has 1 heterocycles. The van der Waals surface area contributed by atoms with Gasteiger partial charge in [0.25, 0.3) is 5.91 Å². The summed E-state index contributed by atoms with van der Waals surface area (Å²) in [5.74, 6) is -1.25. The summed E-state index contributed by atoms with van der Waals surface area (Å²) in [6.45, 7) is 0.426. The van der Waals surface area contributed by atoms with Gasteiger partial charge in [0, 0.05) is 24.7 Å². The van der Waals surface area contributed by atoms with E-state index in [-0.39, 0.29) is 23.5 Å². The first-order valence-electron chi connectivity index (χ1n) is 10.7. The maximum Gasteiger partial charge on any atom is 0.338 e. The number of fused-ring (bicyclic) bond motifs is 1. The zero-order valence-corrected chi connectivity index (χ0v) is 19.8. The zero-order valence-electron chi connectivity index (χ0n) is 18.2. The topological polar surface area (TPSA) is 92.8 Å². The van der Waals surface area contributed by atoms with Crippen LogP contribution in [0.25, 0.3) is 0 Å². The molecular weight excluding hydrogens is 476 g/mol. The van der Waals surface area contributed by atoms with Gasteiger partial charge in [-0.1, -0.05) is 54.1 Å². The molecule has 0 bridgehead atoms. The highest BCUT2D eigenvalue weighted by Crippen LogP contribution is 2.25. The van der Waals surface area contributed by atoms with E-state index in [9.17, 15) is 18.0 Å². The lowest BCUT2D eigenvalue weighted by Gasteiger charge is -2.28. The van der Waals surface area contributed by atoms with Crippen molar-refractivity contribution in [3.8, 4) is 0 Å². The van der Waals surface area contributed by atoms with Crippen LogP contribution in [0.15, 0.2) is 77.7 Å². The molecular formula is C25H23ClN2O5S. The Morgan fingerprint density at radius 3 is 2.47 bits per heavy atom. The van der Waals surface area contributed by atoms with Crippen LogP contribution in [0.3, 0.4) is 0 Å². The van der Waals surface area contributed by atoms with Crippen molar-refractivity contribution in [3.05, 3.63) is 100 Å². The van der Waals surface area contributed by atoms with Gasteiger partial charge in [0.15, 0.2) is 6.61 Å². The van der Waals surface area contributed by atoms with E-state index in [1.807, 2.05) is 24.3 Å². The van der Waals surface area contributed by atoms with E-state index >= 15 is 0 Å². The molecule has 34 heavy (non-hydrogen) atoms. The van der Waals surface area contributed by atoms with Crippen LogP contribution in [0.5, 0.6) is 0 Å². The average molecular weight is 499 g/mol. The normalized spacial score (nSPS) is 13.7. The van der Waals surface area contributed by atoms with E-state index in [1.165, 1.54) is 28.6 Å². The highest BCUT2D eigenvalue weighted by atomic mass is 35.5. The summed E-state index contributed by atoms with van der Waals surface area (Å²) in [6.07, 6.45) is 0.627. The van der Waals surface area contributed by atoms with Gasteiger partial charge in [-0.2, -0.15) is 4.31 Å². The Hall–Kier alpha value is -3.20. The second-order valence-corrected chi connectivity index (χ2v) is 10.2. The molecule has 0 saturated carbocycles. The summed E-state index contributed by atoms with van der Waals surface area (Å²) >= 11 is 5.84. The van der Waals surface area contributed by atoms with Gasteiger partial charge in [-0.25, -0.2) is 13.2 Å². The van der Waals surface area contributed by atoms with Crippen molar-refractivity contribution < 1.29 is 22.7 Å². The molecule has 176 valence electrons. The van der Waals surface area contributed by atoms with Crippen LogP contribution < -0.4 is 5.32 Å². The van der Waals surface area contributed by atoms with Crippen LogP contribution in [-0.4, -0.2) is 37.8 Å². The molecule has 9 heteroatoms. The number of benzene rings is 3. The summed E-state index contributed by atoms with van der Waals surface area (Å²) in [7, 11) is -3.80. The molecule has 0 atom stereocenters. The summed E-state index contributed by atoms with van der Waals surface area (Å²) in [6, 6.07) is 20.4. The molecule has 3 aromatic rings. The van der Waals surface area contributed by atoms with Crippen molar-refractivity contribution in [2.75, 3.05) is 13.2 Å². The zero-order chi connectivity index (χ0) is 24.1. The Bertz CT molecular complexity index is 1310. The number of sulfonamides is 1. The highest BCUT2D eigenvalue weighted by Gasteiger charge is 2.28. The minimum absolute atomic E-state index is 0.00789. The van der Waals surface area contributed by atoms with Gasteiger partial charge in [0.1, 0.15) is 0 Å². The molecule has 0 fully saturated rings. The van der Waals surface area contributed by atoms with Gasteiger partial charge < -0.3 is 10.1 Å². The molecule has 0 radical (unpaired) electrons. The standard InChI is InChI=1S/C25H23ClN2O5S/c26-22-10-8-18(9-11-22)15-27-24(29)17-33-25(30)20-6-3-7-23(14-20)34(31,32)28-13-12-19-4-1-2-5-21(19)16-28/h1-11,14H,12-13,15-17H2,(H,27,29). The molecule has 0 saturated heterocycles. The van der Waals surface area contributed by atoms with Crippen molar-refractivity contribution in [1.82, 2.24) is 9.62 Å². The van der Waals surface area contributed by atoms with Crippen LogP contribution in [0.4, 0.5) is 0 Å². The number of carbonyl (C=O) groups is 2. The number of halogens is 1. The number of amides is 1. The van der Waals surface area contributed by atoms with E-state index in [2.05, 4.69) is 5.32 Å². The lowest BCUT2D eigenvalue weighted by molar-refractivity contribution is -0.124. The molecule has 4 rings (SSSR count). The van der Waals surface area contributed by atoms with Gasteiger partial charge in [-0.3, -0.25) is 4.79 Å². The Morgan fingerprint density at radius 2 is 1.71 bits per heavy atom. The largest absolute Gasteiger partial charge is 0.452 e. The third-order valence-corrected chi connectivity index (χ3v) is 7.63. The number of nitrogens with one attached hydrogen (secondary N) is 1. The van der Waals surface area contributed by atoms with E-state index in [0.717, 1.165) is 16.7 Å². The van der Waals surface area contributed by atoms with Crippen molar-refractivity contribution in [3.63, 3.8) is 0 Å². The predicted molar refractivity (Wildman–Crippen MR) is 128 cm³/mol. The summed E-state index contributed by atoms with van der Waals surface area (Å²) in [4.78, 5) is 24.5. The molecule has 0 aromatic heterocycles. The fourth-order valence-electron chi connectivity index (χ4n) is 3.68. The van der Waals surface area contributed by atoms with Crippen molar-refractivity contribution in [1.29, 1.82) is 0 Å². The van der Waals surface area contributed by atoms with Gasteiger partial charge in [-0.05, 0) is 53.4 Å². The summed E-state index contributed by atoms with van der Waals surface area (Å²) in [5, 5.41) is 3.25. The SMILES string of the molecule is O=C(COC(=O)c1cccc(S(=O)(=O)N2CCc3ccccc3C2)c1)NCc1ccc(Cl)cc1. The molecule has 1 aliphatic heterocycles. The number of ether oxygens (including phenoxy) is 1. The molecule has 7 nitrogen and oxygen atoms in total. The number of hydrogen-bond donors (Lipinski definition) is 1. The third kappa shape index (κ3) is 5.64. The first-order chi connectivity index (χ1) is 16.3. The van der Waals surface area contributed by atoms with Crippen LogP contribution >= 0.6 is 11.6 Å². The Balaban J connectivity index is 1.36. The lowest BCUT2D eigenvalue weighted by atomic mass is 10.0. The van der Waals surface area contributed by atoms with Crippen molar-refractivity contribution in [2.45, 2.75) is 24.4 Å². The van der Waals surface area contributed by atoms with Gasteiger partial charge in [0.05, 0.1) is 10.5 Å². The fraction of sp³-hybridized carbons (Fsp3) is 0.200. The maximum absolute atomic E-state index is 13.2. The van der Waals surface area contributed by atoms with Crippen LogP contribution in [0, 0.1) is 0 Å². The van der Waals surface area contributed by atoms with Crippen LogP contribution in [0.1, 0.15) is 27.0 Å². The van der Waals surface area contributed by atoms with Crippen molar-refractivity contribution in [2.24, 2.45) is 0 Å². The number of nitrogens with zero attached hydrogens (tertiary/aromatic N) is 1. The van der Waals surface area contributed by atoms with Gasteiger partial charge in [-0.15, -0.1) is 0 Å². The number of rotatable bonds is 7. The summed E-state index contributed by atoms with van der Waals surface area (Å²) in [5.41, 5.74) is 3.02. The molecule has 1 N–H and O–H groups in total. The smallest absolute Gasteiger partial charge is 0.338 e. The quantitative estimate of drug-likeness (QED) is 0.503. The second kappa shape index (κ2) is 10.4. The Labute approximate surface area is 203 Å². The first kappa shape index (κ1) is 23.9. The van der Waals surface area contributed by atoms with E-state index in [1.54, 1.807) is 24.3 Å². The average Bonchev–Trinajstić information content (AvgIpc) is 2.86. The number of hydrogen-bond acceptors (Lipinski definition) is 5. The van der Waals surface area contributed by atoms with Crippen molar-refractivity contribution >= 4 is 33.5 Å². The van der Waals surface area contributed by atoms with Gasteiger partial charge in [0.2, 0.25) is 10.0 Å². The monoisotopic (exact) mass is 498 g/mol. The third-order valence-electron chi connectivity index (χ3n) is 5.54. The Morgan fingerprint density at radius 1 is 0.971 bits per heavy atom. The molecule has 0 unspecified atom stereocenters. The van der Waals surface area contributed by atoms with Crippen LogP contribution in [0.2, 0.25) is 5.02 Å². The van der Waals surface area contributed by atoms with Crippen LogP contribution in [-0.2, 0) is 39.1 Å². The van der Waals surface area contributed by atoms with E-state index in [0.29, 0.717) is 18.0 Å². The minimum atomic E-state index is -3.80. The molecule has 0 aliphatic carbocycles. The van der Waals surface area contributed by atoms with Gasteiger partial charge >= 0.3 is 5.97 Å².